The zero-order valence-corrected chi connectivity index (χ0v) is 22.6. The van der Waals surface area contributed by atoms with E-state index < -0.39 is 0 Å². The van der Waals surface area contributed by atoms with Crippen LogP contribution in [-0.4, -0.2) is 39.1 Å². The molecule has 0 bridgehead atoms. The zero-order chi connectivity index (χ0) is 27.0. The average Bonchev–Trinajstić information content (AvgIpc) is 2.94. The monoisotopic (exact) mass is 513 g/mol. The Bertz CT molecular complexity index is 1140. The highest BCUT2D eigenvalue weighted by Gasteiger charge is 2.05. The van der Waals surface area contributed by atoms with Gasteiger partial charge in [-0.1, -0.05) is 86.4 Å². The molecule has 0 aromatic heterocycles. The van der Waals surface area contributed by atoms with Gasteiger partial charge in [-0.3, -0.25) is 9.59 Å². The van der Waals surface area contributed by atoms with E-state index in [0.717, 1.165) is 61.1 Å². The Morgan fingerprint density at radius 3 is 2.03 bits per heavy atom. The number of esters is 1. The summed E-state index contributed by atoms with van der Waals surface area (Å²) in [6, 6.07) is 25.0. The number of unbranched alkanes of at least 4 members (excludes halogenated alkanes) is 5. The molecule has 200 valence electrons. The van der Waals surface area contributed by atoms with Crippen molar-refractivity contribution in [1.82, 2.24) is 0 Å². The zero-order valence-electron chi connectivity index (χ0n) is 22.6. The van der Waals surface area contributed by atoms with Crippen molar-refractivity contribution in [2.45, 2.75) is 44.9 Å². The van der Waals surface area contributed by atoms with Crippen LogP contribution >= 0.6 is 0 Å². The van der Waals surface area contributed by atoms with Gasteiger partial charge in [0.15, 0.2) is 5.78 Å². The van der Waals surface area contributed by atoms with E-state index in [9.17, 15) is 9.59 Å². The SMILES string of the molecule is CN(C)c1ccc(CC(=O)OCCCCCCCCOc2ccc(/C=C/C(=O)c3ccccc3)cc2)cc1. The third-order valence-electron chi connectivity index (χ3n) is 6.24. The van der Waals surface area contributed by atoms with Gasteiger partial charge in [-0.15, -0.1) is 0 Å². The van der Waals surface area contributed by atoms with Gasteiger partial charge in [-0.05, 0) is 54.3 Å². The van der Waals surface area contributed by atoms with Crippen molar-refractivity contribution in [3.63, 3.8) is 0 Å². The maximum Gasteiger partial charge on any atom is 0.310 e. The molecule has 0 spiro atoms. The molecule has 5 nitrogen and oxygen atoms in total. The number of carbonyl (C=O) groups is 2. The number of ketones is 1. The Morgan fingerprint density at radius 1 is 0.737 bits per heavy atom. The molecule has 5 heteroatoms. The summed E-state index contributed by atoms with van der Waals surface area (Å²) < 4.78 is 11.2. The standard InChI is InChI=1S/C33H39NO4/c1-34(2)30-19-14-28(15-20-30)26-33(36)38-25-11-6-4-3-5-10-24-37-31-21-16-27(17-22-31)18-23-32(35)29-12-8-7-9-13-29/h7-9,12-23H,3-6,10-11,24-26H2,1-2H3/b23-18+. The Kier molecular flexibility index (Phi) is 12.1. The van der Waals surface area contributed by atoms with E-state index in [4.69, 9.17) is 9.47 Å². The number of hydrogen-bond donors (Lipinski definition) is 0. The highest BCUT2D eigenvalue weighted by Crippen LogP contribution is 2.16. The highest BCUT2D eigenvalue weighted by molar-refractivity contribution is 6.06. The fourth-order valence-electron chi connectivity index (χ4n) is 3.96. The van der Waals surface area contributed by atoms with Crippen LogP contribution in [0.4, 0.5) is 5.69 Å². The molecule has 3 rings (SSSR count). The summed E-state index contributed by atoms with van der Waals surface area (Å²) in [5.41, 5.74) is 3.74. The van der Waals surface area contributed by atoms with Crippen molar-refractivity contribution in [3.8, 4) is 5.75 Å². The predicted octanol–water partition coefficient (Wildman–Crippen LogP) is 7.15. The second-order valence-electron chi connectivity index (χ2n) is 9.56. The Labute approximate surface area is 227 Å². The van der Waals surface area contributed by atoms with Gasteiger partial charge < -0.3 is 14.4 Å². The van der Waals surface area contributed by atoms with E-state index in [1.54, 1.807) is 6.08 Å². The fraction of sp³-hybridized carbons (Fsp3) is 0.333. The molecular formula is C33H39NO4. The maximum absolute atomic E-state index is 12.2. The van der Waals surface area contributed by atoms with Gasteiger partial charge in [-0.2, -0.15) is 0 Å². The predicted molar refractivity (Wildman–Crippen MR) is 155 cm³/mol. The molecule has 38 heavy (non-hydrogen) atoms. The molecule has 0 fully saturated rings. The van der Waals surface area contributed by atoms with Crippen molar-refractivity contribution < 1.29 is 19.1 Å². The van der Waals surface area contributed by atoms with Crippen LogP contribution in [0, 0.1) is 0 Å². The normalized spacial score (nSPS) is 10.9. The molecular weight excluding hydrogens is 474 g/mol. The molecule has 0 aliphatic heterocycles. The van der Waals surface area contributed by atoms with Crippen LogP contribution in [0.25, 0.3) is 6.08 Å². The number of hydrogen-bond acceptors (Lipinski definition) is 5. The smallest absolute Gasteiger partial charge is 0.310 e. The van der Waals surface area contributed by atoms with Gasteiger partial charge in [0, 0.05) is 25.3 Å². The van der Waals surface area contributed by atoms with Crippen molar-refractivity contribution >= 4 is 23.5 Å². The molecule has 0 aliphatic carbocycles. The van der Waals surface area contributed by atoms with E-state index in [2.05, 4.69) is 0 Å². The lowest BCUT2D eigenvalue weighted by molar-refractivity contribution is -0.142. The lowest BCUT2D eigenvalue weighted by Crippen LogP contribution is -2.10. The number of benzene rings is 3. The summed E-state index contributed by atoms with van der Waals surface area (Å²) in [6.45, 7) is 1.18. The van der Waals surface area contributed by atoms with E-state index in [1.807, 2.05) is 104 Å². The molecule has 0 saturated heterocycles. The Hall–Kier alpha value is -3.86. The summed E-state index contributed by atoms with van der Waals surface area (Å²) in [5, 5.41) is 0. The van der Waals surface area contributed by atoms with E-state index in [0.29, 0.717) is 25.2 Å². The van der Waals surface area contributed by atoms with Crippen LogP contribution in [0.5, 0.6) is 5.75 Å². The summed E-state index contributed by atoms with van der Waals surface area (Å²) in [4.78, 5) is 26.2. The largest absolute Gasteiger partial charge is 0.494 e. The van der Waals surface area contributed by atoms with Gasteiger partial charge in [0.05, 0.1) is 19.6 Å². The average molecular weight is 514 g/mol. The Balaban J connectivity index is 1.18. The quantitative estimate of drug-likeness (QED) is 0.0881. The molecule has 0 amide bonds. The van der Waals surface area contributed by atoms with E-state index >= 15 is 0 Å². The molecule has 3 aromatic carbocycles. The molecule has 0 aliphatic rings. The van der Waals surface area contributed by atoms with Crippen LogP contribution in [0.3, 0.4) is 0 Å². The second kappa shape index (κ2) is 16.1. The van der Waals surface area contributed by atoms with Crippen LogP contribution < -0.4 is 9.64 Å². The van der Waals surface area contributed by atoms with Gasteiger partial charge in [0.25, 0.3) is 0 Å². The summed E-state index contributed by atoms with van der Waals surface area (Å²) in [5.74, 6) is 0.672. The molecule has 3 aromatic rings. The number of rotatable bonds is 16. The van der Waals surface area contributed by atoms with E-state index in [1.165, 1.54) is 0 Å². The number of anilines is 1. The van der Waals surface area contributed by atoms with Gasteiger partial charge >= 0.3 is 5.97 Å². The van der Waals surface area contributed by atoms with Crippen molar-refractivity contribution in [2.24, 2.45) is 0 Å². The molecule has 0 atom stereocenters. The van der Waals surface area contributed by atoms with Crippen LogP contribution in [-0.2, 0) is 16.0 Å². The number of nitrogens with zero attached hydrogens (tertiary/aromatic N) is 1. The number of allylic oxidation sites excluding steroid dienone is 1. The van der Waals surface area contributed by atoms with Crippen LogP contribution in [0.15, 0.2) is 84.9 Å². The second-order valence-corrected chi connectivity index (χ2v) is 9.56. The molecule has 0 heterocycles. The van der Waals surface area contributed by atoms with E-state index in [-0.39, 0.29) is 11.8 Å². The van der Waals surface area contributed by atoms with Gasteiger partial charge in [-0.25, -0.2) is 0 Å². The van der Waals surface area contributed by atoms with Crippen molar-refractivity contribution in [2.75, 3.05) is 32.2 Å². The van der Waals surface area contributed by atoms with Crippen molar-refractivity contribution in [1.29, 1.82) is 0 Å². The van der Waals surface area contributed by atoms with Gasteiger partial charge in [0.2, 0.25) is 0 Å². The minimum absolute atomic E-state index is 0.00565. The van der Waals surface area contributed by atoms with Gasteiger partial charge in [0.1, 0.15) is 5.75 Å². The summed E-state index contributed by atoms with van der Waals surface area (Å²) in [6.07, 6.45) is 10.1. The lowest BCUT2D eigenvalue weighted by atomic mass is 10.1. The first-order valence-electron chi connectivity index (χ1n) is 13.4. The third kappa shape index (κ3) is 10.6. The minimum Gasteiger partial charge on any atom is -0.494 e. The first-order chi connectivity index (χ1) is 18.5. The summed E-state index contributed by atoms with van der Waals surface area (Å²) in [7, 11) is 3.99. The molecule has 0 N–H and O–H groups in total. The number of ether oxygens (including phenoxy) is 2. The first-order valence-corrected chi connectivity index (χ1v) is 13.4. The minimum atomic E-state index is -0.163. The molecule has 0 saturated carbocycles. The first kappa shape index (κ1) is 28.7. The third-order valence-corrected chi connectivity index (χ3v) is 6.24. The maximum atomic E-state index is 12.2. The molecule has 0 radical (unpaired) electrons. The topological polar surface area (TPSA) is 55.8 Å². The highest BCUT2D eigenvalue weighted by atomic mass is 16.5. The molecule has 0 unspecified atom stereocenters. The Morgan fingerprint density at radius 2 is 1.37 bits per heavy atom. The van der Waals surface area contributed by atoms with Crippen molar-refractivity contribution in [3.05, 3.63) is 102 Å². The number of carbonyl (C=O) groups excluding carboxylic acids is 2. The fourth-order valence-corrected chi connectivity index (χ4v) is 3.96. The summed E-state index contributed by atoms with van der Waals surface area (Å²) >= 11 is 0. The van der Waals surface area contributed by atoms with Crippen LogP contribution in [0.2, 0.25) is 0 Å². The van der Waals surface area contributed by atoms with Crippen LogP contribution in [0.1, 0.15) is 60.0 Å². The lowest BCUT2D eigenvalue weighted by Gasteiger charge is -2.12.